The Labute approximate surface area is 121 Å². The molecule has 0 spiro atoms. The summed E-state index contributed by atoms with van der Waals surface area (Å²) in [5, 5.41) is 2.67. The smallest absolute Gasteiger partial charge is 0.127 e. The minimum atomic E-state index is 0.685. The van der Waals surface area contributed by atoms with Gasteiger partial charge in [-0.15, -0.1) is 0 Å². The Morgan fingerprint density at radius 3 is 1.65 bits per heavy atom. The van der Waals surface area contributed by atoms with Crippen LogP contribution in [0, 0.1) is 0 Å². The third kappa shape index (κ3) is 3.37. The molecule has 0 saturated carbocycles. The van der Waals surface area contributed by atoms with Gasteiger partial charge in [-0.3, -0.25) is 0 Å². The van der Waals surface area contributed by atoms with Crippen LogP contribution in [0.1, 0.15) is 0 Å². The number of benzene rings is 3. The number of hydrogen-bond donors (Lipinski definition) is 0. The van der Waals surface area contributed by atoms with E-state index >= 15 is 0 Å². The molecule has 0 amide bonds. The van der Waals surface area contributed by atoms with Gasteiger partial charge in [0.2, 0.25) is 0 Å². The van der Waals surface area contributed by atoms with Crippen LogP contribution < -0.4 is 15.1 Å². The Kier molecular flexibility index (Phi) is 3.95. The lowest BCUT2D eigenvalue weighted by molar-refractivity contribution is 0.483. The molecular weight excluding hydrogens is 260 g/mol. The third-order valence-electron chi connectivity index (χ3n) is 2.90. The molecule has 2 radical (unpaired) electrons. The molecule has 20 heavy (non-hydrogen) atoms. The van der Waals surface area contributed by atoms with Crippen molar-refractivity contribution in [2.75, 3.05) is 0 Å². The lowest BCUT2D eigenvalue weighted by Crippen LogP contribution is -2.26. The fourth-order valence-electron chi connectivity index (χ4n) is 1.92. The Morgan fingerprint density at radius 2 is 1.00 bits per heavy atom. The predicted molar refractivity (Wildman–Crippen MR) is 84.4 cm³/mol. The first-order valence-corrected chi connectivity index (χ1v) is 7.55. The molecule has 0 bridgehead atoms. The molecule has 0 heterocycles. The van der Waals surface area contributed by atoms with Gasteiger partial charge in [-0.25, -0.2) is 0 Å². The molecule has 0 atom stereocenters. The number of para-hydroxylation sites is 1. The van der Waals surface area contributed by atoms with Crippen molar-refractivity contribution in [3.05, 3.63) is 84.9 Å². The molecule has 0 fully saturated rings. The first kappa shape index (κ1) is 12.7. The largest absolute Gasteiger partial charge is 0.457 e. The average Bonchev–Trinajstić information content (AvgIpc) is 2.51. The van der Waals surface area contributed by atoms with E-state index in [-0.39, 0.29) is 0 Å². The van der Waals surface area contributed by atoms with Crippen molar-refractivity contribution in [2.45, 2.75) is 0 Å². The van der Waals surface area contributed by atoms with E-state index in [1.54, 1.807) is 0 Å². The zero-order chi connectivity index (χ0) is 13.6. The van der Waals surface area contributed by atoms with Gasteiger partial charge in [0, 0.05) is 0 Å². The van der Waals surface area contributed by atoms with E-state index in [0.717, 1.165) is 11.5 Å². The maximum absolute atomic E-state index is 5.79. The Hall–Kier alpha value is -2.32. The highest BCUT2D eigenvalue weighted by atomic mass is 28.2. The topological polar surface area (TPSA) is 9.23 Å². The maximum atomic E-state index is 5.79. The fraction of sp³-hybridized carbons (Fsp3) is 0. The molecule has 96 valence electrons. The van der Waals surface area contributed by atoms with Crippen molar-refractivity contribution in [3.63, 3.8) is 0 Å². The lowest BCUT2D eigenvalue weighted by atomic mass is 10.3. The van der Waals surface area contributed by atoms with E-state index in [1.165, 1.54) is 10.4 Å². The Morgan fingerprint density at radius 1 is 0.500 bits per heavy atom. The third-order valence-corrected chi connectivity index (χ3v) is 4.14. The van der Waals surface area contributed by atoms with Crippen LogP contribution in [0.5, 0.6) is 11.5 Å². The summed E-state index contributed by atoms with van der Waals surface area (Å²) in [5.41, 5.74) is 0. The van der Waals surface area contributed by atoms with Gasteiger partial charge in [-0.2, -0.15) is 0 Å². The van der Waals surface area contributed by atoms with Crippen molar-refractivity contribution in [1.82, 2.24) is 0 Å². The van der Waals surface area contributed by atoms with Crippen LogP contribution in [0.2, 0.25) is 0 Å². The summed E-state index contributed by atoms with van der Waals surface area (Å²) >= 11 is 0. The van der Waals surface area contributed by atoms with Gasteiger partial charge in [0.05, 0.1) is 0 Å². The molecule has 1 nitrogen and oxygen atoms in total. The summed E-state index contributed by atoms with van der Waals surface area (Å²) in [5.74, 6) is 1.74. The fourth-order valence-corrected chi connectivity index (χ4v) is 2.94. The molecule has 3 aromatic rings. The van der Waals surface area contributed by atoms with Gasteiger partial charge in [0.25, 0.3) is 0 Å². The highest BCUT2D eigenvalue weighted by Crippen LogP contribution is 2.19. The number of hydrogen-bond acceptors (Lipinski definition) is 1. The normalized spacial score (nSPS) is 10.2. The van der Waals surface area contributed by atoms with Crippen LogP contribution in [0.25, 0.3) is 0 Å². The SMILES string of the molecule is c1ccc(Oc2ccc([Si]c3ccccc3)cc2)cc1. The van der Waals surface area contributed by atoms with Crippen LogP contribution in [-0.4, -0.2) is 9.52 Å². The first-order valence-electron chi connectivity index (χ1n) is 6.55. The number of ether oxygens (including phenoxy) is 1. The Balaban J connectivity index is 1.69. The molecular formula is C18H14OSi. The second-order valence-corrected chi connectivity index (χ2v) is 5.84. The molecule has 0 aliphatic rings. The van der Waals surface area contributed by atoms with Crippen LogP contribution in [0.4, 0.5) is 0 Å². The molecule has 0 N–H and O–H groups in total. The van der Waals surface area contributed by atoms with E-state index in [1.807, 2.05) is 48.5 Å². The van der Waals surface area contributed by atoms with Crippen molar-refractivity contribution in [3.8, 4) is 11.5 Å². The maximum Gasteiger partial charge on any atom is 0.127 e. The van der Waals surface area contributed by atoms with Crippen molar-refractivity contribution < 1.29 is 4.74 Å². The highest BCUT2D eigenvalue weighted by molar-refractivity contribution is 6.67. The molecule has 0 unspecified atom stereocenters. The summed E-state index contributed by atoms with van der Waals surface area (Å²) in [4.78, 5) is 0. The van der Waals surface area contributed by atoms with Crippen molar-refractivity contribution in [1.29, 1.82) is 0 Å². The summed E-state index contributed by atoms with van der Waals surface area (Å²) in [6.07, 6.45) is 0. The van der Waals surface area contributed by atoms with Crippen LogP contribution in [0.15, 0.2) is 84.9 Å². The van der Waals surface area contributed by atoms with Gasteiger partial charge in [-0.05, 0) is 24.3 Å². The molecule has 3 aromatic carbocycles. The highest BCUT2D eigenvalue weighted by Gasteiger charge is 2.00. The molecule has 2 heteroatoms. The van der Waals surface area contributed by atoms with Gasteiger partial charge in [0.1, 0.15) is 21.0 Å². The second kappa shape index (κ2) is 6.22. The average molecular weight is 274 g/mol. The van der Waals surface area contributed by atoms with E-state index < -0.39 is 0 Å². The standard InChI is InChI=1S/C18H14OSi/c1-3-7-15(8-4-1)19-16-11-13-18(14-12-16)20-17-9-5-2-6-10-17/h1-14H. The second-order valence-electron chi connectivity index (χ2n) is 4.43. The van der Waals surface area contributed by atoms with Crippen LogP contribution >= 0.6 is 0 Å². The predicted octanol–water partition coefficient (Wildman–Crippen LogP) is 3.13. The van der Waals surface area contributed by atoms with Crippen LogP contribution in [0.3, 0.4) is 0 Å². The zero-order valence-electron chi connectivity index (χ0n) is 11.0. The summed E-state index contributed by atoms with van der Waals surface area (Å²) in [6, 6.07) is 28.7. The summed E-state index contributed by atoms with van der Waals surface area (Å²) in [6.45, 7) is 0. The van der Waals surface area contributed by atoms with E-state index in [4.69, 9.17) is 4.74 Å². The minimum absolute atomic E-state index is 0.685. The number of rotatable bonds is 4. The van der Waals surface area contributed by atoms with Gasteiger partial charge in [-0.1, -0.05) is 71.0 Å². The minimum Gasteiger partial charge on any atom is -0.457 e. The first-order chi connectivity index (χ1) is 9.90. The molecule has 0 saturated heterocycles. The quantitative estimate of drug-likeness (QED) is 0.664. The van der Waals surface area contributed by atoms with Crippen molar-refractivity contribution >= 4 is 19.9 Å². The molecule has 3 rings (SSSR count). The molecule has 0 aliphatic carbocycles. The summed E-state index contributed by atoms with van der Waals surface area (Å²) in [7, 11) is 0.685. The monoisotopic (exact) mass is 274 g/mol. The van der Waals surface area contributed by atoms with Crippen molar-refractivity contribution in [2.24, 2.45) is 0 Å². The van der Waals surface area contributed by atoms with Gasteiger partial charge >= 0.3 is 0 Å². The lowest BCUT2D eigenvalue weighted by Gasteiger charge is -2.06. The van der Waals surface area contributed by atoms with E-state index in [0.29, 0.717) is 9.52 Å². The van der Waals surface area contributed by atoms with Gasteiger partial charge in [0.15, 0.2) is 0 Å². The molecule has 0 aromatic heterocycles. The summed E-state index contributed by atoms with van der Waals surface area (Å²) < 4.78 is 5.79. The van der Waals surface area contributed by atoms with Gasteiger partial charge < -0.3 is 4.74 Å². The van der Waals surface area contributed by atoms with Crippen LogP contribution in [-0.2, 0) is 0 Å². The Bertz CT molecular complexity index is 588. The molecule has 0 aliphatic heterocycles. The van der Waals surface area contributed by atoms with E-state index in [9.17, 15) is 0 Å². The zero-order valence-corrected chi connectivity index (χ0v) is 12.0. The van der Waals surface area contributed by atoms with E-state index in [2.05, 4.69) is 36.4 Å².